The molecule has 1 aromatic rings. The fourth-order valence-corrected chi connectivity index (χ4v) is 1.83. The Morgan fingerprint density at radius 2 is 2.11 bits per heavy atom. The predicted octanol–water partition coefficient (Wildman–Crippen LogP) is 1.72. The van der Waals surface area contributed by atoms with Gasteiger partial charge in [-0.1, -0.05) is 0 Å². The molecule has 0 saturated carbocycles. The molecule has 1 unspecified atom stereocenters. The normalized spacial score (nSPS) is 11.9. The van der Waals surface area contributed by atoms with Gasteiger partial charge in [0.05, 0.1) is 4.92 Å². The molecular formula is C12H16N2O4S. The SMILES string of the molecule is CSCCC(N)C(=O)OCc1ccc([N+](=O)[O-])cc1. The summed E-state index contributed by atoms with van der Waals surface area (Å²) in [5, 5.41) is 10.5. The highest BCUT2D eigenvalue weighted by Gasteiger charge is 2.14. The second kappa shape index (κ2) is 7.75. The number of esters is 1. The van der Waals surface area contributed by atoms with E-state index in [1.807, 2.05) is 6.26 Å². The number of carbonyl (C=O) groups is 1. The summed E-state index contributed by atoms with van der Waals surface area (Å²) < 4.78 is 5.04. The van der Waals surface area contributed by atoms with E-state index in [0.717, 1.165) is 5.75 Å². The smallest absolute Gasteiger partial charge is 0.323 e. The van der Waals surface area contributed by atoms with Gasteiger partial charge in [-0.05, 0) is 36.1 Å². The summed E-state index contributed by atoms with van der Waals surface area (Å²) in [7, 11) is 0. The van der Waals surface area contributed by atoms with Gasteiger partial charge < -0.3 is 10.5 Å². The molecule has 0 amide bonds. The van der Waals surface area contributed by atoms with Gasteiger partial charge in [-0.2, -0.15) is 11.8 Å². The van der Waals surface area contributed by atoms with Crippen LogP contribution in [0, 0.1) is 10.1 Å². The molecule has 0 fully saturated rings. The van der Waals surface area contributed by atoms with Crippen LogP contribution in [0.5, 0.6) is 0 Å². The second-order valence-corrected chi connectivity index (χ2v) is 4.90. The minimum atomic E-state index is -0.620. The van der Waals surface area contributed by atoms with E-state index in [9.17, 15) is 14.9 Å². The van der Waals surface area contributed by atoms with Crippen LogP contribution in [0.15, 0.2) is 24.3 Å². The monoisotopic (exact) mass is 284 g/mol. The van der Waals surface area contributed by atoms with Crippen molar-refractivity contribution in [2.75, 3.05) is 12.0 Å². The van der Waals surface area contributed by atoms with Crippen LogP contribution in [-0.2, 0) is 16.1 Å². The highest BCUT2D eigenvalue weighted by atomic mass is 32.2. The van der Waals surface area contributed by atoms with Crippen LogP contribution in [0.2, 0.25) is 0 Å². The molecule has 0 saturated heterocycles. The molecule has 0 aliphatic carbocycles. The van der Waals surface area contributed by atoms with Gasteiger partial charge >= 0.3 is 5.97 Å². The zero-order valence-electron chi connectivity index (χ0n) is 10.6. The first kappa shape index (κ1) is 15.5. The number of nitrogens with two attached hydrogens (primary N) is 1. The maximum atomic E-state index is 11.5. The fourth-order valence-electron chi connectivity index (χ4n) is 1.34. The number of nitrogens with zero attached hydrogens (tertiary/aromatic N) is 1. The topological polar surface area (TPSA) is 95.5 Å². The summed E-state index contributed by atoms with van der Waals surface area (Å²) >= 11 is 1.61. The number of hydrogen-bond acceptors (Lipinski definition) is 6. The fraction of sp³-hybridized carbons (Fsp3) is 0.417. The van der Waals surface area contributed by atoms with E-state index >= 15 is 0 Å². The van der Waals surface area contributed by atoms with Crippen molar-refractivity contribution in [1.29, 1.82) is 0 Å². The first-order valence-corrected chi connectivity index (χ1v) is 7.08. The number of non-ortho nitro benzene ring substituents is 1. The van der Waals surface area contributed by atoms with Crippen molar-refractivity contribution in [2.24, 2.45) is 5.73 Å². The zero-order chi connectivity index (χ0) is 14.3. The summed E-state index contributed by atoms with van der Waals surface area (Å²) in [5.74, 6) is 0.348. The van der Waals surface area contributed by atoms with E-state index in [-0.39, 0.29) is 12.3 Å². The zero-order valence-corrected chi connectivity index (χ0v) is 11.4. The largest absolute Gasteiger partial charge is 0.460 e. The van der Waals surface area contributed by atoms with E-state index in [2.05, 4.69) is 0 Å². The lowest BCUT2D eigenvalue weighted by molar-refractivity contribution is -0.384. The molecule has 19 heavy (non-hydrogen) atoms. The minimum Gasteiger partial charge on any atom is -0.460 e. The van der Waals surface area contributed by atoms with Crippen LogP contribution < -0.4 is 5.73 Å². The third-order valence-corrected chi connectivity index (χ3v) is 3.11. The van der Waals surface area contributed by atoms with E-state index in [1.54, 1.807) is 23.9 Å². The van der Waals surface area contributed by atoms with Crippen LogP contribution in [0.25, 0.3) is 0 Å². The van der Waals surface area contributed by atoms with Crippen LogP contribution in [0.1, 0.15) is 12.0 Å². The number of rotatable bonds is 7. The summed E-state index contributed by atoms with van der Waals surface area (Å²) in [6.45, 7) is 0.0732. The molecule has 0 radical (unpaired) electrons. The van der Waals surface area contributed by atoms with Crippen LogP contribution >= 0.6 is 11.8 Å². The molecule has 0 aromatic heterocycles. The first-order valence-electron chi connectivity index (χ1n) is 5.69. The molecule has 6 nitrogen and oxygen atoms in total. The Morgan fingerprint density at radius 1 is 1.47 bits per heavy atom. The van der Waals surface area contributed by atoms with Gasteiger partial charge in [-0.15, -0.1) is 0 Å². The van der Waals surface area contributed by atoms with Crippen LogP contribution in [-0.4, -0.2) is 28.9 Å². The highest BCUT2D eigenvalue weighted by molar-refractivity contribution is 7.98. The number of nitro groups is 1. The van der Waals surface area contributed by atoms with Crippen molar-refractivity contribution in [3.8, 4) is 0 Å². The summed E-state index contributed by atoms with van der Waals surface area (Å²) in [6, 6.07) is 5.23. The average Bonchev–Trinajstić information content (AvgIpc) is 2.42. The van der Waals surface area contributed by atoms with Crippen LogP contribution in [0.3, 0.4) is 0 Å². The number of ether oxygens (including phenoxy) is 1. The summed E-state index contributed by atoms with van der Waals surface area (Å²) in [4.78, 5) is 21.5. The molecule has 0 heterocycles. The Morgan fingerprint density at radius 3 is 2.63 bits per heavy atom. The number of benzene rings is 1. The number of thioether (sulfide) groups is 1. The van der Waals surface area contributed by atoms with Crippen molar-refractivity contribution in [3.63, 3.8) is 0 Å². The molecule has 0 aliphatic heterocycles. The standard InChI is InChI=1S/C12H16N2O4S/c1-19-7-6-11(13)12(15)18-8-9-2-4-10(5-3-9)14(16)17/h2-5,11H,6-8,13H2,1H3. The Labute approximate surface area is 115 Å². The molecule has 1 atom stereocenters. The average molecular weight is 284 g/mol. The van der Waals surface area contributed by atoms with Crippen molar-refractivity contribution in [2.45, 2.75) is 19.1 Å². The van der Waals surface area contributed by atoms with E-state index < -0.39 is 16.9 Å². The number of nitro benzene ring substituents is 1. The Hall–Kier alpha value is -1.60. The first-order chi connectivity index (χ1) is 9.04. The Bertz CT molecular complexity index is 436. The number of carbonyl (C=O) groups excluding carboxylic acids is 1. The molecule has 104 valence electrons. The van der Waals surface area contributed by atoms with Gasteiger partial charge in [0, 0.05) is 12.1 Å². The van der Waals surface area contributed by atoms with Crippen LogP contribution in [0.4, 0.5) is 5.69 Å². The lowest BCUT2D eigenvalue weighted by atomic mass is 10.2. The van der Waals surface area contributed by atoms with Crippen molar-refractivity contribution < 1.29 is 14.5 Å². The van der Waals surface area contributed by atoms with Gasteiger partial charge in [0.2, 0.25) is 0 Å². The van der Waals surface area contributed by atoms with Crippen molar-refractivity contribution in [1.82, 2.24) is 0 Å². The van der Waals surface area contributed by atoms with Crippen molar-refractivity contribution in [3.05, 3.63) is 39.9 Å². The van der Waals surface area contributed by atoms with E-state index in [0.29, 0.717) is 12.0 Å². The third-order valence-electron chi connectivity index (χ3n) is 2.46. The molecular weight excluding hydrogens is 268 g/mol. The molecule has 7 heteroatoms. The Balaban J connectivity index is 2.43. The quantitative estimate of drug-likeness (QED) is 0.465. The van der Waals surface area contributed by atoms with Gasteiger partial charge in [0.15, 0.2) is 0 Å². The Kier molecular flexibility index (Phi) is 6.31. The van der Waals surface area contributed by atoms with E-state index in [1.165, 1.54) is 12.1 Å². The second-order valence-electron chi connectivity index (χ2n) is 3.92. The molecule has 2 N–H and O–H groups in total. The van der Waals surface area contributed by atoms with Gasteiger partial charge in [0.25, 0.3) is 5.69 Å². The molecule has 0 bridgehead atoms. The molecule has 0 spiro atoms. The van der Waals surface area contributed by atoms with Gasteiger partial charge in [0.1, 0.15) is 12.6 Å². The number of hydrogen-bond donors (Lipinski definition) is 1. The highest BCUT2D eigenvalue weighted by Crippen LogP contribution is 2.12. The molecule has 0 aliphatic rings. The summed E-state index contributed by atoms with van der Waals surface area (Å²) in [6.07, 6.45) is 2.51. The molecule has 1 rings (SSSR count). The van der Waals surface area contributed by atoms with Gasteiger partial charge in [-0.3, -0.25) is 14.9 Å². The third kappa shape index (κ3) is 5.27. The summed E-state index contributed by atoms with van der Waals surface area (Å²) in [5.41, 5.74) is 6.35. The molecule has 1 aromatic carbocycles. The lowest BCUT2D eigenvalue weighted by Gasteiger charge is -2.10. The van der Waals surface area contributed by atoms with Gasteiger partial charge in [-0.25, -0.2) is 0 Å². The predicted molar refractivity (Wildman–Crippen MR) is 73.9 cm³/mol. The van der Waals surface area contributed by atoms with Crippen molar-refractivity contribution >= 4 is 23.4 Å². The minimum absolute atomic E-state index is 0.00625. The maximum absolute atomic E-state index is 11.5. The maximum Gasteiger partial charge on any atom is 0.323 e. The lowest BCUT2D eigenvalue weighted by Crippen LogP contribution is -2.32. The van der Waals surface area contributed by atoms with E-state index in [4.69, 9.17) is 10.5 Å².